The quantitative estimate of drug-likeness (QED) is 0.591. The van der Waals surface area contributed by atoms with Crippen molar-refractivity contribution in [3.63, 3.8) is 0 Å². The van der Waals surface area contributed by atoms with Gasteiger partial charge in [-0.3, -0.25) is 20.4 Å². The number of nitrogens with one attached hydrogen (secondary N) is 4. The van der Waals surface area contributed by atoms with Crippen LogP contribution in [0.2, 0.25) is 5.02 Å². The summed E-state index contributed by atoms with van der Waals surface area (Å²) in [4.78, 5) is 23.8. The average molecular weight is 325 g/mol. The van der Waals surface area contributed by atoms with Crippen LogP contribution in [0.4, 0.5) is 0 Å². The first kappa shape index (κ1) is 15.1. The van der Waals surface area contributed by atoms with Crippen molar-refractivity contribution in [1.29, 1.82) is 0 Å². The van der Waals surface area contributed by atoms with E-state index < -0.39 is 6.10 Å². The summed E-state index contributed by atoms with van der Waals surface area (Å²) < 4.78 is 5.57. The van der Waals surface area contributed by atoms with Gasteiger partial charge < -0.3 is 15.4 Å². The van der Waals surface area contributed by atoms with Crippen LogP contribution in [-0.2, 0) is 16.0 Å². The van der Waals surface area contributed by atoms with Gasteiger partial charge in [-0.15, -0.1) is 0 Å². The van der Waals surface area contributed by atoms with E-state index in [1.165, 1.54) is 0 Å². The van der Waals surface area contributed by atoms with Gasteiger partial charge in [-0.1, -0.05) is 11.6 Å². The number of carbonyl (C=O) groups excluding carboxylic acids is 2. The molecular formula is C14H17ClN4O3. The fraction of sp³-hybridized carbons (Fsp3) is 0.429. The number of hydrogen-bond donors (Lipinski definition) is 4. The van der Waals surface area contributed by atoms with Gasteiger partial charge in [0.15, 0.2) is 6.10 Å². The fourth-order valence-corrected chi connectivity index (χ4v) is 2.68. The zero-order valence-electron chi connectivity index (χ0n) is 11.8. The first-order valence-corrected chi connectivity index (χ1v) is 7.47. The van der Waals surface area contributed by atoms with Crippen molar-refractivity contribution < 1.29 is 14.3 Å². The highest BCUT2D eigenvalue weighted by Gasteiger charge is 2.29. The van der Waals surface area contributed by atoms with Crippen molar-refractivity contribution in [2.45, 2.75) is 18.6 Å². The Morgan fingerprint density at radius 1 is 1.32 bits per heavy atom. The highest BCUT2D eigenvalue weighted by atomic mass is 35.5. The molecule has 0 aliphatic carbocycles. The predicted molar refractivity (Wildman–Crippen MR) is 80.5 cm³/mol. The second-order valence-corrected chi connectivity index (χ2v) is 5.74. The molecule has 0 aromatic heterocycles. The van der Waals surface area contributed by atoms with Gasteiger partial charge in [0.2, 0.25) is 5.91 Å². The fourth-order valence-electron chi connectivity index (χ4n) is 2.49. The standard InChI is InChI=1S/C14H17ClN4O3/c15-9-1-2-11-8(3-9)4-12(22-11)14(21)16-7-13(20)19-10-5-17-18-6-10/h1-3,10,12,17-18H,4-7H2,(H,16,21)(H,19,20). The van der Waals surface area contributed by atoms with E-state index in [4.69, 9.17) is 16.3 Å². The molecule has 2 heterocycles. The second kappa shape index (κ2) is 6.51. The van der Waals surface area contributed by atoms with Crippen molar-refractivity contribution in [3.8, 4) is 5.75 Å². The summed E-state index contributed by atoms with van der Waals surface area (Å²) in [6.07, 6.45) is -0.157. The van der Waals surface area contributed by atoms with E-state index >= 15 is 0 Å². The number of carbonyl (C=O) groups is 2. The summed E-state index contributed by atoms with van der Waals surface area (Å²) >= 11 is 5.92. The molecule has 1 aromatic rings. The predicted octanol–water partition coefficient (Wildman–Crippen LogP) is -0.648. The molecular weight excluding hydrogens is 308 g/mol. The summed E-state index contributed by atoms with van der Waals surface area (Å²) in [5.41, 5.74) is 6.74. The van der Waals surface area contributed by atoms with Crippen LogP contribution in [0.5, 0.6) is 5.75 Å². The minimum Gasteiger partial charge on any atom is -0.480 e. The van der Waals surface area contributed by atoms with Crippen molar-refractivity contribution >= 4 is 23.4 Å². The summed E-state index contributed by atoms with van der Waals surface area (Å²) in [6.45, 7) is 1.27. The highest BCUT2D eigenvalue weighted by molar-refractivity contribution is 6.30. The lowest BCUT2D eigenvalue weighted by molar-refractivity contribution is -0.130. The molecule has 1 unspecified atom stereocenters. The molecule has 4 N–H and O–H groups in total. The number of rotatable bonds is 4. The summed E-state index contributed by atoms with van der Waals surface area (Å²) in [5, 5.41) is 6.02. The van der Waals surface area contributed by atoms with E-state index in [1.807, 2.05) is 0 Å². The number of fused-ring (bicyclic) bond motifs is 1. The Balaban J connectivity index is 1.46. The first-order chi connectivity index (χ1) is 10.6. The number of hydrogen-bond acceptors (Lipinski definition) is 5. The zero-order valence-corrected chi connectivity index (χ0v) is 12.6. The van der Waals surface area contributed by atoms with E-state index in [-0.39, 0.29) is 24.4 Å². The van der Waals surface area contributed by atoms with Gasteiger partial charge in [0, 0.05) is 24.5 Å². The summed E-state index contributed by atoms with van der Waals surface area (Å²) in [7, 11) is 0. The molecule has 118 valence electrons. The summed E-state index contributed by atoms with van der Waals surface area (Å²) in [5.74, 6) is 0.143. The van der Waals surface area contributed by atoms with Crippen molar-refractivity contribution in [2.24, 2.45) is 0 Å². The Labute approximate surface area is 132 Å². The number of halogens is 1. The monoisotopic (exact) mass is 324 g/mol. The molecule has 2 aliphatic heterocycles. The number of hydrazine groups is 1. The van der Waals surface area contributed by atoms with Gasteiger partial charge in [0.05, 0.1) is 12.6 Å². The van der Waals surface area contributed by atoms with E-state index in [2.05, 4.69) is 21.5 Å². The van der Waals surface area contributed by atoms with Crippen molar-refractivity contribution in [1.82, 2.24) is 21.5 Å². The third kappa shape index (κ3) is 3.49. The average Bonchev–Trinajstić information content (AvgIpc) is 3.13. The van der Waals surface area contributed by atoms with Crippen LogP contribution in [0.15, 0.2) is 18.2 Å². The third-order valence-electron chi connectivity index (χ3n) is 3.60. The van der Waals surface area contributed by atoms with Gasteiger partial charge in [0.1, 0.15) is 5.75 Å². The van der Waals surface area contributed by atoms with Gasteiger partial charge in [-0.2, -0.15) is 0 Å². The zero-order chi connectivity index (χ0) is 15.5. The molecule has 1 saturated heterocycles. The van der Waals surface area contributed by atoms with Crippen LogP contribution in [0.3, 0.4) is 0 Å². The van der Waals surface area contributed by atoms with Crippen molar-refractivity contribution in [3.05, 3.63) is 28.8 Å². The molecule has 1 aromatic carbocycles. The van der Waals surface area contributed by atoms with Crippen molar-refractivity contribution in [2.75, 3.05) is 19.6 Å². The molecule has 0 radical (unpaired) electrons. The lowest BCUT2D eigenvalue weighted by atomic mass is 10.1. The Morgan fingerprint density at radius 3 is 2.86 bits per heavy atom. The topological polar surface area (TPSA) is 91.5 Å². The van der Waals surface area contributed by atoms with E-state index in [9.17, 15) is 9.59 Å². The molecule has 0 bridgehead atoms. The van der Waals surface area contributed by atoms with Crippen LogP contribution in [0, 0.1) is 0 Å². The first-order valence-electron chi connectivity index (χ1n) is 7.09. The smallest absolute Gasteiger partial charge is 0.261 e. The van der Waals surface area contributed by atoms with E-state index in [0.717, 1.165) is 5.56 Å². The molecule has 2 aliphatic rings. The SMILES string of the molecule is O=C(CNC(=O)C1Cc2cc(Cl)ccc2O1)NC1CNNC1. The lowest BCUT2D eigenvalue weighted by Crippen LogP contribution is -2.46. The Kier molecular flexibility index (Phi) is 4.47. The maximum absolute atomic E-state index is 12.1. The Hall–Kier alpha value is -1.83. The van der Waals surface area contributed by atoms with Crippen LogP contribution in [0.25, 0.3) is 0 Å². The van der Waals surface area contributed by atoms with Crippen LogP contribution in [-0.4, -0.2) is 43.6 Å². The number of benzene rings is 1. The largest absolute Gasteiger partial charge is 0.480 e. The molecule has 0 saturated carbocycles. The minimum atomic E-state index is -0.615. The van der Waals surface area contributed by atoms with Gasteiger partial charge in [-0.25, -0.2) is 0 Å². The summed E-state index contributed by atoms with van der Waals surface area (Å²) in [6, 6.07) is 5.30. The molecule has 8 heteroatoms. The lowest BCUT2D eigenvalue weighted by Gasteiger charge is -2.13. The molecule has 1 fully saturated rings. The molecule has 1 atom stereocenters. The molecule has 0 spiro atoms. The van der Waals surface area contributed by atoms with E-state index in [0.29, 0.717) is 30.3 Å². The highest BCUT2D eigenvalue weighted by Crippen LogP contribution is 2.30. The van der Waals surface area contributed by atoms with Crippen LogP contribution in [0.1, 0.15) is 5.56 Å². The maximum Gasteiger partial charge on any atom is 0.261 e. The second-order valence-electron chi connectivity index (χ2n) is 5.31. The molecule has 7 nitrogen and oxygen atoms in total. The minimum absolute atomic E-state index is 0.0403. The molecule has 22 heavy (non-hydrogen) atoms. The van der Waals surface area contributed by atoms with Gasteiger partial charge in [0.25, 0.3) is 5.91 Å². The number of ether oxygens (including phenoxy) is 1. The Morgan fingerprint density at radius 2 is 2.09 bits per heavy atom. The normalized spacial score (nSPS) is 20.3. The van der Waals surface area contributed by atoms with E-state index in [1.54, 1.807) is 18.2 Å². The Bertz CT molecular complexity index is 589. The number of amides is 2. The van der Waals surface area contributed by atoms with Crippen LogP contribution < -0.4 is 26.2 Å². The maximum atomic E-state index is 12.1. The molecule has 3 rings (SSSR count). The molecule has 2 amide bonds. The van der Waals surface area contributed by atoms with Crippen LogP contribution >= 0.6 is 11.6 Å². The van der Waals surface area contributed by atoms with Gasteiger partial charge >= 0.3 is 0 Å². The van der Waals surface area contributed by atoms with Gasteiger partial charge in [-0.05, 0) is 23.8 Å². The third-order valence-corrected chi connectivity index (χ3v) is 3.83.